The number of carbonyl (C=O) groups is 9. The van der Waals surface area contributed by atoms with Crippen LogP contribution in [0.4, 0.5) is 31.9 Å². The van der Waals surface area contributed by atoms with Crippen LogP contribution in [0.2, 0.25) is 0 Å². The molecule has 622 valence electrons. The maximum absolute atomic E-state index is 12.1. The monoisotopic (exact) mass is 1630 g/mol. The molecule has 0 spiro atoms. The fourth-order valence-electron chi connectivity index (χ4n) is 9.89. The number of aliphatic hydroxyl groups excluding tert-OH is 2. The molecule has 0 aromatic rings. The van der Waals surface area contributed by atoms with E-state index in [1.807, 2.05) is 0 Å². The number of aliphatic hydroxyl groups is 2. The van der Waals surface area contributed by atoms with Gasteiger partial charge in [-0.2, -0.15) is 21.6 Å². The number of rotatable bonds is 18. The Hall–Kier alpha value is -4.08. The van der Waals surface area contributed by atoms with Crippen molar-refractivity contribution < 1.29 is 197 Å². The third-order valence-corrected chi connectivity index (χ3v) is 17.4. The molecule has 0 radical (unpaired) electrons. The predicted octanol–water partition coefficient (Wildman–Crippen LogP) is 2.39. The van der Waals surface area contributed by atoms with E-state index in [-0.39, 0.29) is 134 Å². The molecule has 2 amide bonds. The number of hydrogen-bond acceptors (Lipinski definition) is 27. The van der Waals surface area contributed by atoms with Gasteiger partial charge in [0.1, 0.15) is 29.0 Å². The van der Waals surface area contributed by atoms with Crippen LogP contribution in [0.15, 0.2) is 5.11 Å². The second-order valence-corrected chi connectivity index (χ2v) is 28.8. The van der Waals surface area contributed by atoms with Crippen LogP contribution in [0.5, 0.6) is 0 Å². The Balaban J connectivity index is -0.000000177. The van der Waals surface area contributed by atoms with Crippen molar-refractivity contribution in [3.63, 3.8) is 0 Å². The molecule has 0 aromatic heterocycles. The van der Waals surface area contributed by atoms with Crippen LogP contribution in [0, 0.1) is 0 Å². The number of alkyl halides is 4. The van der Waals surface area contributed by atoms with Gasteiger partial charge in [0.15, 0.2) is 40.1 Å². The van der Waals surface area contributed by atoms with Gasteiger partial charge in [0.25, 0.3) is 0 Å². The molecule has 0 bridgehead atoms. The molecule has 7 atom stereocenters. The zero-order chi connectivity index (χ0) is 81.4. The normalized spacial score (nSPS) is 24.2. The van der Waals surface area contributed by atoms with E-state index in [1.54, 1.807) is 6.92 Å². The second-order valence-electron chi connectivity index (χ2n) is 24.2. The van der Waals surface area contributed by atoms with E-state index in [9.17, 15) is 69.1 Å². The zero-order valence-electron chi connectivity index (χ0n) is 65.6. The fraction of sp³-hybridized carbons (Fsp3) is 0.857. The molecular formula is C63H115ClF4LiN9NaO27PS. The SMILES string of the molecule is CC(=O)C1(CN)CCCCO1.CC(=O)C1(CN=[N+]=[N-])CCCCO1.CC(=O)C1(CO)CCCCO1.CC(=O)C1(COS(=O)(=O)C(F)(F)F)CCCCO1.COC(=O)Cl.COC(=O)NCC1(C(=O)O)CCCCO1.COC(=O)NCC1(C(C)=O)CCCCO1.CP(C)C.O.OCC1CCCO1.[2H]CF.[Li+].[N-]=[N+]=[N-].[Na+].[OH-]. The molecule has 7 heterocycles. The van der Waals surface area contributed by atoms with Crippen LogP contribution in [-0.2, 0) is 90.4 Å². The van der Waals surface area contributed by atoms with Gasteiger partial charge in [-0.3, -0.25) is 37.5 Å². The van der Waals surface area contributed by atoms with Gasteiger partial charge in [-0.1, -0.05) is 5.11 Å². The van der Waals surface area contributed by atoms with Crippen molar-refractivity contribution in [1.82, 2.24) is 10.6 Å². The number of Topliss-reactive ketones (excluding diaryl/α,β-unsaturated/α-hetero) is 5. The number of methoxy groups -OCH3 is 3. The Morgan fingerprint density at radius 3 is 1.13 bits per heavy atom. The Morgan fingerprint density at radius 1 is 0.611 bits per heavy atom. The minimum absolute atomic E-state index is 0. The van der Waals surface area contributed by atoms with Crippen LogP contribution < -0.4 is 64.8 Å². The summed E-state index contributed by atoms with van der Waals surface area (Å²) < 4.78 is 127. The zero-order valence-corrected chi connectivity index (χ0v) is 69.1. The minimum Gasteiger partial charge on any atom is -0.870 e. The van der Waals surface area contributed by atoms with Crippen LogP contribution in [-0.4, -0.2) is 273 Å². The van der Waals surface area contributed by atoms with Crippen LogP contribution in [0.3, 0.4) is 0 Å². The summed E-state index contributed by atoms with van der Waals surface area (Å²) in [5.74, 6) is -1.66. The van der Waals surface area contributed by atoms with Crippen molar-refractivity contribution in [2.45, 2.75) is 208 Å². The molecule has 108 heavy (non-hydrogen) atoms. The molecule has 45 heteroatoms. The van der Waals surface area contributed by atoms with E-state index in [4.69, 9.17) is 72.2 Å². The summed E-state index contributed by atoms with van der Waals surface area (Å²) in [6.45, 7) is 17.4. The van der Waals surface area contributed by atoms with E-state index in [0.717, 1.165) is 97.0 Å². The summed E-state index contributed by atoms with van der Waals surface area (Å²) in [6.07, 6.45) is 15.3. The van der Waals surface area contributed by atoms with Gasteiger partial charge in [0.2, 0.25) is 0 Å². The van der Waals surface area contributed by atoms with E-state index in [1.165, 1.54) is 47.0 Å². The van der Waals surface area contributed by atoms with Gasteiger partial charge >= 0.3 is 87.6 Å². The average molecular weight is 1640 g/mol. The number of nitrogens with zero attached hydrogens (tertiary/aromatic N) is 6. The first-order valence-corrected chi connectivity index (χ1v) is 37.6. The van der Waals surface area contributed by atoms with Crippen molar-refractivity contribution in [2.24, 2.45) is 10.8 Å². The number of azide groups is 1. The second kappa shape index (κ2) is 66.4. The molecule has 0 saturated carbocycles. The van der Waals surface area contributed by atoms with Gasteiger partial charge in [-0.25, -0.2) is 19.2 Å². The molecule has 7 saturated heterocycles. The number of alkyl carbamates (subject to hydrolysis) is 2. The molecular weight excluding hydrogens is 1520 g/mol. The number of ether oxygens (including phenoxy) is 10. The quantitative estimate of drug-likeness (QED) is 0.0110. The number of carboxylic acid groups (broad SMARTS) is 1. The number of amides is 2. The molecule has 7 rings (SSSR count). The first kappa shape index (κ1) is 117. The number of aliphatic carboxylic acids is 1. The van der Waals surface area contributed by atoms with Gasteiger partial charge in [0.05, 0.1) is 68.8 Å². The summed E-state index contributed by atoms with van der Waals surface area (Å²) in [7, 11) is -2.59. The average Bonchev–Trinajstić information content (AvgIpc) is 1.05. The predicted molar refractivity (Wildman–Crippen MR) is 380 cm³/mol. The maximum Gasteiger partial charge on any atom is 1.00 e. The molecule has 36 nitrogen and oxygen atoms in total. The van der Waals surface area contributed by atoms with Gasteiger partial charge in [0, 0.05) is 69.3 Å². The van der Waals surface area contributed by atoms with E-state index in [2.05, 4.69) is 70.6 Å². The van der Waals surface area contributed by atoms with Gasteiger partial charge in [-0.15, -0.1) is 7.92 Å². The first-order chi connectivity index (χ1) is 49.2. The van der Waals surface area contributed by atoms with E-state index in [0.29, 0.717) is 86.0 Å². The summed E-state index contributed by atoms with van der Waals surface area (Å²) in [4.78, 5) is 103. The minimum atomic E-state index is -5.70. The number of ketones is 5. The maximum atomic E-state index is 12.1. The van der Waals surface area contributed by atoms with Crippen molar-refractivity contribution in [2.75, 3.05) is 141 Å². The van der Waals surface area contributed by atoms with Crippen molar-refractivity contribution in [1.29, 1.82) is 0 Å². The third-order valence-electron chi connectivity index (χ3n) is 16.2. The first-order valence-electron chi connectivity index (χ1n) is 33.9. The number of nitrogens with two attached hydrogens (primary N) is 1. The topological polar surface area (TPSA) is 569 Å². The third kappa shape index (κ3) is 48.7. The molecule has 7 unspecified atom stereocenters. The molecule has 7 aliphatic heterocycles. The van der Waals surface area contributed by atoms with Crippen LogP contribution >= 0.6 is 19.5 Å². The van der Waals surface area contributed by atoms with Crippen molar-refractivity contribution >= 4 is 82.1 Å². The van der Waals surface area contributed by atoms with E-state index < -0.39 is 92.4 Å². The molecule has 7 fully saturated rings. The Labute approximate surface area is 671 Å². The molecule has 7 aliphatic rings. The largest absolute Gasteiger partial charge is 1.00 e. The van der Waals surface area contributed by atoms with Gasteiger partial charge < -0.3 is 101 Å². The summed E-state index contributed by atoms with van der Waals surface area (Å²) in [6, 6.07) is 0. The number of nitrogens with one attached hydrogen (secondary N) is 2. The summed E-state index contributed by atoms with van der Waals surface area (Å²) in [5.41, 5.74) is 14.9. The number of carboxylic acids is 1. The Bertz CT molecular complexity index is 2640. The smallest absolute Gasteiger partial charge is 0.870 e. The fourth-order valence-corrected chi connectivity index (χ4v) is 10.4. The standard InChI is InChI=1S/C10H17NO4.C9H13F3O5S.C9H15NO5.C8H13N3O2.C8H15NO2.C8H14O3.C5H10O2.C3H9P.C2H3ClO2.CH3F.Li.N3.Na.2H2O/c1-8(12)10(5-3-4-6-15-10)7-11-9(13)14-2;1-7(13)8(4-2-3-5-16-8)6-17-18(14,15)9(10,11)12;1-14-8(13)10-6-9(7(11)12)4-2-3-5-15-9;1-7(12)8(6-10-11-9)4-2-3-5-13-8;2*1-7(10)8(6-9)4-2-3-5-11-8;6-4-5-2-1-3-7-5;1-4(2)3;1-5-2(3)4;1-2;;1-3-2;;;/h3-7H2,1-2H3,(H,11,13);2-6H2,1H3;2-6H2,1H3,(H,10,13)(H,11,12);2-6H2,1H3;2-6,9H2,1H3;9H,2-6H2,1H3;5-6H,1-4H2;1-3H3;1H3;1H3;;;;2*1H2/q;;;;;;;;;;+1;-1;+1;;/p-1/i;;;;;;;;;1D;;;;;. The van der Waals surface area contributed by atoms with E-state index >= 15 is 0 Å². The van der Waals surface area contributed by atoms with Crippen LogP contribution in [0.25, 0.3) is 26.4 Å². The summed E-state index contributed by atoms with van der Waals surface area (Å²) in [5, 5.41) is 34.8. The van der Waals surface area contributed by atoms with Gasteiger partial charge in [-0.05, 0) is 189 Å². The van der Waals surface area contributed by atoms with Crippen molar-refractivity contribution in [3.05, 3.63) is 26.4 Å². The molecule has 0 aromatic carbocycles. The molecule has 0 aliphatic carbocycles. The Kier molecular flexibility index (Phi) is 72.0. The number of hydrogen-bond donors (Lipinski definition) is 6. The molecule has 10 N–H and O–H groups in total. The van der Waals surface area contributed by atoms with Crippen molar-refractivity contribution in [3.8, 4) is 0 Å². The Morgan fingerprint density at radius 2 is 0.917 bits per heavy atom. The number of halogens is 5. The number of carbonyl (C=O) groups excluding carboxylic acids is 8. The van der Waals surface area contributed by atoms with Crippen LogP contribution in [0.1, 0.15) is 164 Å². The summed E-state index contributed by atoms with van der Waals surface area (Å²) >= 11 is 4.60.